The van der Waals surface area contributed by atoms with Crippen molar-refractivity contribution in [3.05, 3.63) is 12.2 Å². The highest BCUT2D eigenvalue weighted by Crippen LogP contribution is 2.33. The third-order valence-electron chi connectivity index (χ3n) is 4.25. The van der Waals surface area contributed by atoms with E-state index in [2.05, 4.69) is 33.7 Å². The molecule has 2 aromatic rings. The SMILES string of the molecule is CCCCC#Cc1nc(N)c2ncn([C@@H]3O[C@H](CSC)C(O)C3O)c2n1. The van der Waals surface area contributed by atoms with Gasteiger partial charge in [-0.05, 0) is 18.6 Å². The molecule has 3 rings (SSSR count). The van der Waals surface area contributed by atoms with Crippen LogP contribution in [0.25, 0.3) is 11.2 Å². The number of aromatic nitrogens is 4. The topological polar surface area (TPSA) is 119 Å². The average molecular weight is 377 g/mol. The molecular weight excluding hydrogens is 354 g/mol. The zero-order valence-corrected chi connectivity index (χ0v) is 15.6. The highest BCUT2D eigenvalue weighted by molar-refractivity contribution is 7.98. The molecule has 1 aliphatic rings. The lowest BCUT2D eigenvalue weighted by Gasteiger charge is -2.16. The first-order valence-electron chi connectivity index (χ1n) is 8.56. The van der Waals surface area contributed by atoms with Gasteiger partial charge in [-0.2, -0.15) is 11.8 Å². The number of aliphatic hydroxyl groups is 2. The summed E-state index contributed by atoms with van der Waals surface area (Å²) >= 11 is 1.54. The van der Waals surface area contributed by atoms with Gasteiger partial charge in [0.1, 0.15) is 17.7 Å². The highest BCUT2D eigenvalue weighted by Gasteiger charge is 2.44. The second-order valence-electron chi connectivity index (χ2n) is 6.16. The lowest BCUT2D eigenvalue weighted by Crippen LogP contribution is -2.32. The maximum absolute atomic E-state index is 10.4. The van der Waals surface area contributed by atoms with Crippen molar-refractivity contribution in [3.63, 3.8) is 0 Å². The van der Waals surface area contributed by atoms with Crippen molar-refractivity contribution in [2.45, 2.75) is 50.7 Å². The molecule has 2 aromatic heterocycles. The fraction of sp³-hybridized carbons (Fsp3) is 0.588. The maximum atomic E-state index is 10.4. The van der Waals surface area contributed by atoms with E-state index in [-0.39, 0.29) is 5.82 Å². The molecule has 1 aliphatic heterocycles. The highest BCUT2D eigenvalue weighted by atomic mass is 32.2. The van der Waals surface area contributed by atoms with Crippen LogP contribution in [0.5, 0.6) is 0 Å². The predicted octanol–water partition coefficient (Wildman–Crippen LogP) is 0.932. The molecule has 140 valence electrons. The molecule has 2 unspecified atom stereocenters. The smallest absolute Gasteiger partial charge is 0.208 e. The van der Waals surface area contributed by atoms with Gasteiger partial charge < -0.3 is 20.7 Å². The van der Waals surface area contributed by atoms with Crippen molar-refractivity contribution < 1.29 is 14.9 Å². The van der Waals surface area contributed by atoms with Crippen molar-refractivity contribution in [1.82, 2.24) is 19.5 Å². The molecule has 0 saturated carbocycles. The fourth-order valence-corrected chi connectivity index (χ4v) is 3.45. The molecule has 9 heteroatoms. The molecule has 1 fully saturated rings. The molecule has 0 bridgehead atoms. The van der Waals surface area contributed by atoms with Crippen LogP contribution in [0.1, 0.15) is 38.2 Å². The van der Waals surface area contributed by atoms with E-state index in [1.807, 2.05) is 6.26 Å². The first kappa shape index (κ1) is 18.9. The summed E-state index contributed by atoms with van der Waals surface area (Å²) in [4.78, 5) is 12.8. The zero-order valence-electron chi connectivity index (χ0n) is 14.8. The molecule has 4 N–H and O–H groups in total. The largest absolute Gasteiger partial charge is 0.387 e. The third kappa shape index (κ3) is 3.64. The number of rotatable bonds is 5. The molecule has 8 nitrogen and oxygen atoms in total. The van der Waals surface area contributed by atoms with Gasteiger partial charge in [0.25, 0.3) is 0 Å². The van der Waals surface area contributed by atoms with Gasteiger partial charge in [0.2, 0.25) is 5.82 Å². The molecule has 3 heterocycles. The van der Waals surface area contributed by atoms with Crippen LogP contribution in [-0.4, -0.2) is 60.1 Å². The Morgan fingerprint density at radius 3 is 2.88 bits per heavy atom. The number of hydrogen-bond donors (Lipinski definition) is 3. The molecule has 0 radical (unpaired) electrons. The fourth-order valence-electron chi connectivity index (χ4n) is 2.85. The van der Waals surface area contributed by atoms with Gasteiger partial charge in [0, 0.05) is 12.2 Å². The molecule has 0 amide bonds. The van der Waals surface area contributed by atoms with Gasteiger partial charge in [-0.3, -0.25) is 4.57 Å². The first-order chi connectivity index (χ1) is 12.6. The molecule has 0 aromatic carbocycles. The Labute approximate surface area is 156 Å². The Balaban J connectivity index is 1.94. The van der Waals surface area contributed by atoms with Gasteiger partial charge in [0.15, 0.2) is 17.7 Å². The summed E-state index contributed by atoms with van der Waals surface area (Å²) in [6, 6.07) is 0. The molecule has 4 atom stereocenters. The summed E-state index contributed by atoms with van der Waals surface area (Å²) in [7, 11) is 0. The standard InChI is InChI=1S/C17H23N5O3S/c1-3-4-5-6-7-11-20-15(18)12-16(21-11)22(9-19-12)17-14(24)13(23)10(25-17)8-26-2/h9-10,13-14,17,23-24H,3-5,8H2,1-2H3,(H2,18,20,21)/t10-,13?,14?,17-/m1/s1. The van der Waals surface area contributed by atoms with E-state index in [9.17, 15) is 10.2 Å². The van der Waals surface area contributed by atoms with Crippen molar-refractivity contribution in [2.24, 2.45) is 0 Å². The quantitative estimate of drug-likeness (QED) is 0.520. The Morgan fingerprint density at radius 2 is 2.15 bits per heavy atom. The van der Waals surface area contributed by atoms with Gasteiger partial charge in [-0.15, -0.1) is 0 Å². The molecule has 0 aliphatic carbocycles. The number of aliphatic hydroxyl groups excluding tert-OH is 2. The Hall–Kier alpha value is -1.86. The van der Waals surface area contributed by atoms with Crippen molar-refractivity contribution >= 4 is 28.7 Å². The number of hydrogen-bond acceptors (Lipinski definition) is 8. The predicted molar refractivity (Wildman–Crippen MR) is 100 cm³/mol. The minimum Gasteiger partial charge on any atom is -0.387 e. The van der Waals surface area contributed by atoms with Gasteiger partial charge in [0.05, 0.1) is 12.4 Å². The zero-order chi connectivity index (χ0) is 18.7. The summed E-state index contributed by atoms with van der Waals surface area (Å²) < 4.78 is 7.42. The second kappa shape index (κ2) is 8.22. The third-order valence-corrected chi connectivity index (χ3v) is 4.91. The van der Waals surface area contributed by atoms with Crippen LogP contribution in [0.15, 0.2) is 6.33 Å². The number of nitrogens with two attached hydrogens (primary N) is 1. The van der Waals surface area contributed by atoms with E-state index in [1.54, 1.807) is 16.3 Å². The summed E-state index contributed by atoms with van der Waals surface area (Å²) in [6.45, 7) is 2.10. The van der Waals surface area contributed by atoms with Crippen LogP contribution in [-0.2, 0) is 4.74 Å². The molecular formula is C17H23N5O3S. The summed E-state index contributed by atoms with van der Waals surface area (Å²) in [5.74, 6) is 7.06. The Kier molecular flexibility index (Phi) is 5.98. The van der Waals surface area contributed by atoms with E-state index < -0.39 is 24.5 Å². The van der Waals surface area contributed by atoms with Crippen molar-refractivity contribution in [1.29, 1.82) is 0 Å². The Bertz CT molecular complexity index is 831. The minimum absolute atomic E-state index is 0.224. The molecule has 26 heavy (non-hydrogen) atoms. The van der Waals surface area contributed by atoms with Gasteiger partial charge in [-0.25, -0.2) is 15.0 Å². The first-order valence-corrected chi connectivity index (χ1v) is 9.95. The lowest BCUT2D eigenvalue weighted by atomic mass is 10.1. The van der Waals surface area contributed by atoms with Crippen molar-refractivity contribution in [3.8, 4) is 11.8 Å². The second-order valence-corrected chi connectivity index (χ2v) is 7.07. The number of nitrogens with zero attached hydrogens (tertiary/aromatic N) is 4. The Morgan fingerprint density at radius 1 is 1.35 bits per heavy atom. The van der Waals surface area contributed by atoms with Crippen LogP contribution in [0.2, 0.25) is 0 Å². The van der Waals surface area contributed by atoms with E-state index in [1.165, 1.54) is 6.33 Å². The normalized spacial score (nSPS) is 25.4. The van der Waals surface area contributed by atoms with E-state index in [0.29, 0.717) is 22.7 Å². The number of fused-ring (bicyclic) bond motifs is 1. The van der Waals surface area contributed by atoms with Crippen molar-refractivity contribution in [2.75, 3.05) is 17.7 Å². The van der Waals surface area contributed by atoms with Crippen LogP contribution in [0.3, 0.4) is 0 Å². The monoisotopic (exact) mass is 377 g/mol. The van der Waals surface area contributed by atoms with Crippen LogP contribution in [0.4, 0.5) is 5.82 Å². The van der Waals surface area contributed by atoms with E-state index >= 15 is 0 Å². The van der Waals surface area contributed by atoms with Gasteiger partial charge in [-0.1, -0.05) is 19.3 Å². The lowest BCUT2D eigenvalue weighted by molar-refractivity contribution is -0.0288. The summed E-state index contributed by atoms with van der Waals surface area (Å²) in [5, 5.41) is 20.6. The number of nitrogen functional groups attached to an aromatic ring is 1. The number of anilines is 1. The van der Waals surface area contributed by atoms with Crippen LogP contribution >= 0.6 is 11.8 Å². The maximum Gasteiger partial charge on any atom is 0.208 e. The van der Waals surface area contributed by atoms with Gasteiger partial charge >= 0.3 is 0 Å². The van der Waals surface area contributed by atoms with Crippen LogP contribution in [0, 0.1) is 11.8 Å². The van der Waals surface area contributed by atoms with E-state index in [0.717, 1.165) is 19.3 Å². The number of thioether (sulfide) groups is 1. The number of ether oxygens (including phenoxy) is 1. The molecule has 1 saturated heterocycles. The van der Waals surface area contributed by atoms with E-state index in [4.69, 9.17) is 10.5 Å². The summed E-state index contributed by atoms with van der Waals surface area (Å²) in [5.41, 5.74) is 6.83. The average Bonchev–Trinajstić information content (AvgIpc) is 3.16. The number of imidazole rings is 1. The van der Waals surface area contributed by atoms with Crippen LogP contribution < -0.4 is 5.73 Å². The minimum atomic E-state index is -1.08. The summed E-state index contributed by atoms with van der Waals surface area (Å²) in [6.07, 6.45) is 2.95. The number of unbranched alkanes of at least 4 members (excludes halogenated alkanes) is 2. The molecule has 0 spiro atoms.